The van der Waals surface area contributed by atoms with Crippen LogP contribution in [-0.4, -0.2) is 23.1 Å². The van der Waals surface area contributed by atoms with Crippen molar-refractivity contribution in [2.24, 2.45) is 5.92 Å². The highest BCUT2D eigenvalue weighted by Crippen LogP contribution is 2.39. The number of hydrogen-bond acceptors (Lipinski definition) is 4. The fourth-order valence-electron chi connectivity index (χ4n) is 4.43. The van der Waals surface area contributed by atoms with Crippen LogP contribution in [0.5, 0.6) is 0 Å². The monoisotopic (exact) mass is 427 g/mol. The topological polar surface area (TPSA) is 54.5 Å². The number of anilines is 3. The SMILES string of the molecule is CC(C)OC1CCC(C(=O)N2Cc3cccnc3Nc3ccc(C(C)Cl)cc32)CC1. The molecule has 4 rings (SSSR count). The summed E-state index contributed by atoms with van der Waals surface area (Å²) in [6.07, 6.45) is 5.86. The number of nitrogens with one attached hydrogen (secondary N) is 1. The molecule has 1 aromatic heterocycles. The van der Waals surface area contributed by atoms with Gasteiger partial charge in [0.1, 0.15) is 5.82 Å². The molecule has 160 valence electrons. The third-order valence-electron chi connectivity index (χ3n) is 6.00. The van der Waals surface area contributed by atoms with E-state index in [0.29, 0.717) is 6.54 Å². The summed E-state index contributed by atoms with van der Waals surface area (Å²) in [5.74, 6) is 0.993. The Kier molecular flexibility index (Phi) is 6.30. The Morgan fingerprint density at radius 1 is 1.20 bits per heavy atom. The maximum atomic E-state index is 13.7. The Labute approximate surface area is 183 Å². The molecule has 1 saturated carbocycles. The summed E-state index contributed by atoms with van der Waals surface area (Å²) < 4.78 is 5.97. The van der Waals surface area contributed by atoms with Gasteiger partial charge in [0, 0.05) is 17.7 Å². The Morgan fingerprint density at radius 2 is 1.97 bits per heavy atom. The molecular formula is C24H30ClN3O2. The number of benzene rings is 1. The Hall–Kier alpha value is -2.11. The zero-order chi connectivity index (χ0) is 21.3. The average Bonchev–Trinajstić information content (AvgIpc) is 2.89. The van der Waals surface area contributed by atoms with Crippen LogP contribution in [-0.2, 0) is 16.1 Å². The van der Waals surface area contributed by atoms with Crippen LogP contribution in [0.3, 0.4) is 0 Å². The molecule has 1 atom stereocenters. The standard InChI is InChI=1S/C24H30ClN3O2/c1-15(2)30-20-9-6-17(7-10-20)24(29)28-14-19-5-4-12-26-23(19)27-21-11-8-18(16(3)25)13-22(21)28/h4-5,8,11-13,15-17,20H,6-7,9-10,14H2,1-3H3,(H,26,27). The average molecular weight is 428 g/mol. The largest absolute Gasteiger partial charge is 0.376 e. The van der Waals surface area contributed by atoms with E-state index in [1.807, 2.05) is 42.2 Å². The number of alkyl halides is 1. The van der Waals surface area contributed by atoms with Gasteiger partial charge < -0.3 is 15.0 Å². The number of ether oxygens (including phenoxy) is 1. The summed E-state index contributed by atoms with van der Waals surface area (Å²) in [6, 6.07) is 9.99. The maximum absolute atomic E-state index is 13.7. The Bertz CT molecular complexity index is 907. The first kappa shape index (κ1) is 21.1. The van der Waals surface area contributed by atoms with E-state index in [0.717, 1.165) is 54.0 Å². The highest BCUT2D eigenvalue weighted by molar-refractivity contribution is 6.20. The first-order valence-corrected chi connectivity index (χ1v) is 11.3. The second-order valence-corrected chi connectivity index (χ2v) is 9.27. The molecule has 30 heavy (non-hydrogen) atoms. The molecule has 1 amide bonds. The van der Waals surface area contributed by atoms with Crippen molar-refractivity contribution in [3.05, 3.63) is 47.7 Å². The first-order chi connectivity index (χ1) is 14.4. The van der Waals surface area contributed by atoms with Crippen molar-refractivity contribution in [1.29, 1.82) is 0 Å². The predicted molar refractivity (Wildman–Crippen MR) is 121 cm³/mol. The molecule has 2 aliphatic rings. The van der Waals surface area contributed by atoms with E-state index < -0.39 is 0 Å². The molecule has 0 bridgehead atoms. The van der Waals surface area contributed by atoms with Crippen molar-refractivity contribution in [2.75, 3.05) is 10.2 Å². The molecule has 1 N–H and O–H groups in total. The van der Waals surface area contributed by atoms with E-state index in [4.69, 9.17) is 16.3 Å². The van der Waals surface area contributed by atoms with Gasteiger partial charge in [0.05, 0.1) is 35.5 Å². The zero-order valence-electron chi connectivity index (χ0n) is 17.9. The lowest BCUT2D eigenvalue weighted by atomic mass is 9.86. The third-order valence-corrected chi connectivity index (χ3v) is 6.25. The van der Waals surface area contributed by atoms with Gasteiger partial charge in [0.15, 0.2) is 0 Å². The first-order valence-electron chi connectivity index (χ1n) is 10.9. The summed E-state index contributed by atoms with van der Waals surface area (Å²) in [5, 5.41) is 3.29. The van der Waals surface area contributed by atoms with Crippen LogP contribution in [0, 0.1) is 5.92 Å². The normalized spacial score (nSPS) is 22.0. The van der Waals surface area contributed by atoms with E-state index in [1.54, 1.807) is 6.20 Å². The van der Waals surface area contributed by atoms with Gasteiger partial charge in [0.2, 0.25) is 5.91 Å². The summed E-state index contributed by atoms with van der Waals surface area (Å²) in [5.41, 5.74) is 3.78. The maximum Gasteiger partial charge on any atom is 0.230 e. The minimum Gasteiger partial charge on any atom is -0.376 e. The quantitative estimate of drug-likeness (QED) is 0.612. The molecule has 1 fully saturated rings. The molecule has 6 heteroatoms. The minimum atomic E-state index is -0.125. The summed E-state index contributed by atoms with van der Waals surface area (Å²) in [6.45, 7) is 6.59. The van der Waals surface area contributed by atoms with Crippen LogP contribution in [0.4, 0.5) is 17.2 Å². The van der Waals surface area contributed by atoms with E-state index in [2.05, 4.69) is 24.1 Å². The molecule has 2 aromatic rings. The number of halogens is 1. The van der Waals surface area contributed by atoms with Crippen molar-refractivity contribution in [1.82, 2.24) is 4.98 Å². The van der Waals surface area contributed by atoms with Crippen LogP contribution in [0.25, 0.3) is 0 Å². The van der Waals surface area contributed by atoms with E-state index in [9.17, 15) is 4.79 Å². The number of aromatic nitrogens is 1. The van der Waals surface area contributed by atoms with Crippen LogP contribution < -0.4 is 10.2 Å². The molecule has 0 saturated heterocycles. The molecule has 5 nitrogen and oxygen atoms in total. The second kappa shape index (κ2) is 8.94. The zero-order valence-corrected chi connectivity index (χ0v) is 18.7. The molecule has 1 aliphatic carbocycles. The van der Waals surface area contributed by atoms with E-state index in [1.165, 1.54) is 0 Å². The number of carbonyl (C=O) groups excluding carboxylic acids is 1. The van der Waals surface area contributed by atoms with E-state index in [-0.39, 0.29) is 29.4 Å². The lowest BCUT2D eigenvalue weighted by Gasteiger charge is -2.33. The Morgan fingerprint density at radius 3 is 2.67 bits per heavy atom. The number of nitrogens with zero attached hydrogens (tertiary/aromatic N) is 2. The number of pyridine rings is 1. The number of hydrogen-bond donors (Lipinski definition) is 1. The van der Waals surface area contributed by atoms with Crippen LogP contribution in [0.2, 0.25) is 0 Å². The number of amides is 1. The van der Waals surface area contributed by atoms with Crippen molar-refractivity contribution < 1.29 is 9.53 Å². The van der Waals surface area contributed by atoms with Crippen LogP contribution >= 0.6 is 11.6 Å². The third kappa shape index (κ3) is 4.47. The highest BCUT2D eigenvalue weighted by Gasteiger charge is 2.33. The molecule has 1 aromatic carbocycles. The fraction of sp³-hybridized carbons (Fsp3) is 0.500. The molecular weight excluding hydrogens is 398 g/mol. The van der Waals surface area contributed by atoms with Gasteiger partial charge in [-0.05, 0) is 70.2 Å². The van der Waals surface area contributed by atoms with Crippen molar-refractivity contribution in [3.63, 3.8) is 0 Å². The minimum absolute atomic E-state index is 0.0140. The highest BCUT2D eigenvalue weighted by atomic mass is 35.5. The van der Waals surface area contributed by atoms with Gasteiger partial charge in [-0.25, -0.2) is 4.98 Å². The molecule has 2 heterocycles. The Balaban J connectivity index is 1.63. The van der Waals surface area contributed by atoms with E-state index >= 15 is 0 Å². The summed E-state index contributed by atoms with van der Waals surface area (Å²) in [7, 11) is 0. The fourth-order valence-corrected chi connectivity index (χ4v) is 4.57. The van der Waals surface area contributed by atoms with Gasteiger partial charge in [-0.2, -0.15) is 0 Å². The number of carbonyl (C=O) groups is 1. The van der Waals surface area contributed by atoms with Crippen molar-refractivity contribution in [2.45, 2.75) is 70.6 Å². The summed E-state index contributed by atoms with van der Waals surface area (Å²) >= 11 is 6.36. The van der Waals surface area contributed by atoms with Crippen molar-refractivity contribution in [3.8, 4) is 0 Å². The summed E-state index contributed by atoms with van der Waals surface area (Å²) in [4.78, 5) is 20.1. The smallest absolute Gasteiger partial charge is 0.230 e. The van der Waals surface area contributed by atoms with Gasteiger partial charge in [-0.1, -0.05) is 12.1 Å². The predicted octanol–water partition coefficient (Wildman–Crippen LogP) is 5.96. The second-order valence-electron chi connectivity index (χ2n) is 8.61. The van der Waals surface area contributed by atoms with Crippen molar-refractivity contribution >= 4 is 34.7 Å². The van der Waals surface area contributed by atoms with Gasteiger partial charge in [-0.3, -0.25) is 4.79 Å². The lowest BCUT2D eigenvalue weighted by Crippen LogP contribution is -2.38. The van der Waals surface area contributed by atoms with Crippen LogP contribution in [0.1, 0.15) is 63.0 Å². The molecule has 0 spiro atoms. The number of rotatable bonds is 4. The molecule has 1 unspecified atom stereocenters. The van der Waals surface area contributed by atoms with Gasteiger partial charge in [-0.15, -0.1) is 11.6 Å². The molecule has 0 radical (unpaired) electrons. The van der Waals surface area contributed by atoms with Gasteiger partial charge >= 0.3 is 0 Å². The van der Waals surface area contributed by atoms with Gasteiger partial charge in [0.25, 0.3) is 0 Å². The van der Waals surface area contributed by atoms with Crippen LogP contribution in [0.15, 0.2) is 36.5 Å². The molecule has 1 aliphatic heterocycles. The number of fused-ring (bicyclic) bond motifs is 2. The lowest BCUT2D eigenvalue weighted by molar-refractivity contribution is -0.124.